The van der Waals surface area contributed by atoms with E-state index in [4.69, 9.17) is 4.74 Å². The van der Waals surface area contributed by atoms with Gasteiger partial charge in [-0.15, -0.1) is 0 Å². The molecular formula is C14H22O3. The minimum absolute atomic E-state index is 0.0478. The number of aliphatic hydroxyl groups excluding tert-OH is 2. The van der Waals surface area contributed by atoms with Crippen LogP contribution in [0.2, 0.25) is 0 Å². The summed E-state index contributed by atoms with van der Waals surface area (Å²) >= 11 is 0. The Balaban J connectivity index is 2.88. The Morgan fingerprint density at radius 3 is 2.41 bits per heavy atom. The SMILES string of the molecule is CCCC(O)C(O)c1ccccc1OC(C)C. The summed E-state index contributed by atoms with van der Waals surface area (Å²) < 4.78 is 5.62. The van der Waals surface area contributed by atoms with Crippen molar-refractivity contribution in [3.63, 3.8) is 0 Å². The predicted octanol–water partition coefficient (Wildman–Crippen LogP) is 2.67. The monoisotopic (exact) mass is 238 g/mol. The standard InChI is InChI=1S/C14H22O3/c1-4-7-12(15)14(16)11-8-5-6-9-13(11)17-10(2)3/h5-6,8-10,12,14-16H,4,7H2,1-3H3. The summed E-state index contributed by atoms with van der Waals surface area (Å²) in [5.74, 6) is 0.644. The second kappa shape index (κ2) is 6.62. The van der Waals surface area contributed by atoms with Crippen molar-refractivity contribution < 1.29 is 14.9 Å². The molecule has 96 valence electrons. The Bertz CT molecular complexity index is 336. The van der Waals surface area contributed by atoms with Gasteiger partial charge >= 0.3 is 0 Å². The number of ether oxygens (including phenoxy) is 1. The van der Waals surface area contributed by atoms with Crippen LogP contribution in [0.4, 0.5) is 0 Å². The number of hydrogen-bond acceptors (Lipinski definition) is 3. The number of hydrogen-bond donors (Lipinski definition) is 2. The van der Waals surface area contributed by atoms with Crippen LogP contribution in [0.5, 0.6) is 5.75 Å². The lowest BCUT2D eigenvalue weighted by molar-refractivity contribution is 0.0110. The molecule has 3 nitrogen and oxygen atoms in total. The number of rotatable bonds is 6. The molecule has 0 spiro atoms. The third kappa shape index (κ3) is 4.02. The van der Waals surface area contributed by atoms with Gasteiger partial charge in [0.1, 0.15) is 11.9 Å². The first-order valence-electron chi connectivity index (χ1n) is 6.18. The van der Waals surface area contributed by atoms with Crippen molar-refractivity contribution in [2.24, 2.45) is 0 Å². The first-order chi connectivity index (χ1) is 8.06. The highest BCUT2D eigenvalue weighted by molar-refractivity contribution is 5.35. The summed E-state index contributed by atoms with van der Waals surface area (Å²) in [6.45, 7) is 5.85. The van der Waals surface area contributed by atoms with E-state index in [2.05, 4.69) is 0 Å². The Hall–Kier alpha value is -1.06. The van der Waals surface area contributed by atoms with Crippen LogP contribution in [-0.2, 0) is 0 Å². The smallest absolute Gasteiger partial charge is 0.125 e. The molecule has 1 rings (SSSR count). The molecule has 0 aliphatic rings. The normalized spacial score (nSPS) is 14.7. The molecule has 0 aliphatic heterocycles. The lowest BCUT2D eigenvalue weighted by Gasteiger charge is -2.21. The quantitative estimate of drug-likeness (QED) is 0.801. The highest BCUT2D eigenvalue weighted by Crippen LogP contribution is 2.29. The van der Waals surface area contributed by atoms with Gasteiger partial charge < -0.3 is 14.9 Å². The molecule has 0 aromatic heterocycles. The zero-order valence-electron chi connectivity index (χ0n) is 10.8. The molecule has 0 aliphatic carbocycles. The first-order valence-corrected chi connectivity index (χ1v) is 6.18. The van der Waals surface area contributed by atoms with E-state index < -0.39 is 12.2 Å². The second-order valence-electron chi connectivity index (χ2n) is 4.51. The summed E-state index contributed by atoms with van der Waals surface area (Å²) in [7, 11) is 0. The fourth-order valence-corrected chi connectivity index (χ4v) is 1.75. The molecule has 0 heterocycles. The number of para-hydroxylation sites is 1. The van der Waals surface area contributed by atoms with Crippen molar-refractivity contribution in [2.45, 2.75) is 51.9 Å². The molecule has 0 bridgehead atoms. The molecule has 1 aromatic carbocycles. The van der Waals surface area contributed by atoms with Gasteiger partial charge in [-0.25, -0.2) is 0 Å². The van der Waals surface area contributed by atoms with Gasteiger partial charge in [0.15, 0.2) is 0 Å². The lowest BCUT2D eigenvalue weighted by atomic mass is 10.0. The topological polar surface area (TPSA) is 49.7 Å². The van der Waals surface area contributed by atoms with Crippen LogP contribution >= 0.6 is 0 Å². The highest BCUT2D eigenvalue weighted by Gasteiger charge is 2.21. The van der Waals surface area contributed by atoms with Gasteiger partial charge in [0.05, 0.1) is 12.2 Å². The molecular weight excluding hydrogens is 216 g/mol. The molecule has 1 aromatic rings. The van der Waals surface area contributed by atoms with Gasteiger partial charge in [0.25, 0.3) is 0 Å². The zero-order chi connectivity index (χ0) is 12.8. The van der Waals surface area contributed by atoms with Crippen LogP contribution in [0.25, 0.3) is 0 Å². The van der Waals surface area contributed by atoms with Crippen molar-refractivity contribution in [1.29, 1.82) is 0 Å². The van der Waals surface area contributed by atoms with Gasteiger partial charge in [-0.1, -0.05) is 31.5 Å². The summed E-state index contributed by atoms with van der Waals surface area (Å²) in [4.78, 5) is 0. The van der Waals surface area contributed by atoms with Crippen molar-refractivity contribution in [3.8, 4) is 5.75 Å². The van der Waals surface area contributed by atoms with E-state index in [-0.39, 0.29) is 6.10 Å². The Kier molecular flexibility index (Phi) is 5.45. The summed E-state index contributed by atoms with van der Waals surface area (Å²) in [5, 5.41) is 19.9. The maximum Gasteiger partial charge on any atom is 0.125 e. The Labute approximate surface area is 103 Å². The second-order valence-corrected chi connectivity index (χ2v) is 4.51. The van der Waals surface area contributed by atoms with E-state index in [0.29, 0.717) is 17.7 Å². The maximum absolute atomic E-state index is 10.1. The van der Waals surface area contributed by atoms with Crippen LogP contribution in [0.1, 0.15) is 45.3 Å². The van der Waals surface area contributed by atoms with Crippen LogP contribution in [0, 0.1) is 0 Å². The van der Waals surface area contributed by atoms with Gasteiger partial charge in [0.2, 0.25) is 0 Å². The van der Waals surface area contributed by atoms with E-state index in [0.717, 1.165) is 6.42 Å². The van der Waals surface area contributed by atoms with Crippen LogP contribution in [0.15, 0.2) is 24.3 Å². The van der Waals surface area contributed by atoms with E-state index >= 15 is 0 Å². The largest absolute Gasteiger partial charge is 0.491 e. The van der Waals surface area contributed by atoms with Crippen molar-refractivity contribution in [2.75, 3.05) is 0 Å². The third-order valence-corrected chi connectivity index (χ3v) is 2.55. The zero-order valence-corrected chi connectivity index (χ0v) is 10.8. The summed E-state index contributed by atoms with van der Waals surface area (Å²) in [6, 6.07) is 7.31. The molecule has 0 fully saturated rings. The Morgan fingerprint density at radius 1 is 1.18 bits per heavy atom. The molecule has 2 atom stereocenters. The van der Waals surface area contributed by atoms with Gasteiger partial charge in [-0.2, -0.15) is 0 Å². The van der Waals surface area contributed by atoms with Crippen molar-refractivity contribution in [1.82, 2.24) is 0 Å². The van der Waals surface area contributed by atoms with Crippen LogP contribution < -0.4 is 4.74 Å². The lowest BCUT2D eigenvalue weighted by Crippen LogP contribution is -2.19. The maximum atomic E-state index is 10.1. The predicted molar refractivity (Wildman–Crippen MR) is 68.1 cm³/mol. The van der Waals surface area contributed by atoms with Gasteiger partial charge in [0, 0.05) is 5.56 Å². The molecule has 2 N–H and O–H groups in total. The average molecular weight is 238 g/mol. The number of aliphatic hydroxyl groups is 2. The first kappa shape index (κ1) is 14.0. The van der Waals surface area contributed by atoms with Gasteiger partial charge in [-0.05, 0) is 26.3 Å². The highest BCUT2D eigenvalue weighted by atomic mass is 16.5. The fourth-order valence-electron chi connectivity index (χ4n) is 1.75. The average Bonchev–Trinajstić information content (AvgIpc) is 2.28. The van der Waals surface area contributed by atoms with Crippen LogP contribution in [-0.4, -0.2) is 22.4 Å². The van der Waals surface area contributed by atoms with E-state index in [1.54, 1.807) is 6.07 Å². The van der Waals surface area contributed by atoms with Crippen LogP contribution in [0.3, 0.4) is 0 Å². The Morgan fingerprint density at radius 2 is 1.82 bits per heavy atom. The summed E-state index contributed by atoms with van der Waals surface area (Å²) in [5.41, 5.74) is 0.655. The molecule has 2 unspecified atom stereocenters. The number of benzene rings is 1. The molecule has 3 heteroatoms. The minimum Gasteiger partial charge on any atom is -0.491 e. The molecule has 0 saturated heterocycles. The van der Waals surface area contributed by atoms with Crippen molar-refractivity contribution in [3.05, 3.63) is 29.8 Å². The van der Waals surface area contributed by atoms with E-state index in [1.165, 1.54) is 0 Å². The minimum atomic E-state index is -0.884. The molecule has 0 amide bonds. The summed E-state index contributed by atoms with van der Waals surface area (Å²) in [6.07, 6.45) is -0.156. The molecule has 0 saturated carbocycles. The van der Waals surface area contributed by atoms with E-state index in [1.807, 2.05) is 39.0 Å². The van der Waals surface area contributed by atoms with E-state index in [9.17, 15) is 10.2 Å². The van der Waals surface area contributed by atoms with Gasteiger partial charge in [-0.3, -0.25) is 0 Å². The molecule has 17 heavy (non-hydrogen) atoms. The third-order valence-electron chi connectivity index (χ3n) is 2.55. The van der Waals surface area contributed by atoms with Crippen molar-refractivity contribution >= 4 is 0 Å². The fraction of sp³-hybridized carbons (Fsp3) is 0.571. The molecule has 0 radical (unpaired) electrons.